The summed E-state index contributed by atoms with van der Waals surface area (Å²) in [4.78, 5) is 30.0. The van der Waals surface area contributed by atoms with Gasteiger partial charge in [0, 0.05) is 23.2 Å². The van der Waals surface area contributed by atoms with Crippen LogP contribution in [0, 0.1) is 13.8 Å². The fourth-order valence-corrected chi connectivity index (χ4v) is 3.37. The molecule has 4 rings (SSSR count). The van der Waals surface area contributed by atoms with Crippen LogP contribution in [0.2, 0.25) is 5.02 Å². The Morgan fingerprint density at radius 1 is 1.03 bits per heavy atom. The number of benzene rings is 3. The van der Waals surface area contributed by atoms with E-state index in [2.05, 4.69) is 15.5 Å². The molecule has 178 valence electrons. The second-order valence-electron chi connectivity index (χ2n) is 7.69. The molecular formula is C26H22ClN3O5. The summed E-state index contributed by atoms with van der Waals surface area (Å²) in [5, 5.41) is 7.05. The van der Waals surface area contributed by atoms with Gasteiger partial charge >= 0.3 is 5.97 Å². The van der Waals surface area contributed by atoms with E-state index in [1.807, 2.05) is 13.0 Å². The Bertz CT molecular complexity index is 1320. The number of aryl methyl sites for hydroxylation is 2. The van der Waals surface area contributed by atoms with E-state index >= 15 is 0 Å². The molecular weight excluding hydrogens is 470 g/mol. The Kier molecular flexibility index (Phi) is 7.42. The Labute approximate surface area is 206 Å². The number of esters is 1. The average molecular weight is 492 g/mol. The molecule has 0 radical (unpaired) electrons. The van der Waals surface area contributed by atoms with Crippen LogP contribution in [0.5, 0.6) is 5.75 Å². The predicted molar refractivity (Wildman–Crippen MR) is 129 cm³/mol. The van der Waals surface area contributed by atoms with Gasteiger partial charge in [-0.3, -0.25) is 4.79 Å². The fourth-order valence-electron chi connectivity index (χ4n) is 3.19. The minimum Gasteiger partial charge on any atom is -0.485 e. The SMILES string of the molecule is Cc1nc(COc2ccc(C(=O)OC(C(=O)Nc3ccc(C)c(Cl)c3)c3ccccc3)cc2)no1. The van der Waals surface area contributed by atoms with Crippen LogP contribution in [0.15, 0.2) is 77.3 Å². The third kappa shape index (κ3) is 6.24. The van der Waals surface area contributed by atoms with Gasteiger partial charge in [0.15, 0.2) is 6.61 Å². The van der Waals surface area contributed by atoms with Gasteiger partial charge in [-0.05, 0) is 48.9 Å². The summed E-state index contributed by atoms with van der Waals surface area (Å²) in [6.07, 6.45) is -1.17. The van der Waals surface area contributed by atoms with Gasteiger partial charge in [0.1, 0.15) is 5.75 Å². The molecule has 1 heterocycles. The number of anilines is 1. The van der Waals surface area contributed by atoms with Gasteiger partial charge in [-0.15, -0.1) is 0 Å². The first-order valence-corrected chi connectivity index (χ1v) is 11.1. The molecule has 1 aromatic heterocycles. The Hall–Kier alpha value is -4.17. The van der Waals surface area contributed by atoms with Gasteiger partial charge in [-0.25, -0.2) is 4.79 Å². The predicted octanol–water partition coefficient (Wildman–Crippen LogP) is 5.46. The zero-order valence-electron chi connectivity index (χ0n) is 19.0. The summed E-state index contributed by atoms with van der Waals surface area (Å²) < 4.78 is 16.1. The normalized spacial score (nSPS) is 11.5. The quantitative estimate of drug-likeness (QED) is 0.326. The third-order valence-corrected chi connectivity index (χ3v) is 5.44. The van der Waals surface area contributed by atoms with Gasteiger partial charge in [-0.2, -0.15) is 4.98 Å². The van der Waals surface area contributed by atoms with Crippen LogP contribution in [0.25, 0.3) is 0 Å². The summed E-state index contributed by atoms with van der Waals surface area (Å²) >= 11 is 6.17. The summed E-state index contributed by atoms with van der Waals surface area (Å²) in [5.41, 5.74) is 2.18. The number of hydrogen-bond acceptors (Lipinski definition) is 7. The van der Waals surface area contributed by atoms with Crippen LogP contribution in [0.1, 0.15) is 39.3 Å². The van der Waals surface area contributed by atoms with Crippen LogP contribution < -0.4 is 10.1 Å². The average Bonchev–Trinajstić information content (AvgIpc) is 3.29. The molecule has 0 spiro atoms. The smallest absolute Gasteiger partial charge is 0.339 e. The lowest BCUT2D eigenvalue weighted by Crippen LogP contribution is -2.26. The lowest BCUT2D eigenvalue weighted by atomic mass is 10.1. The summed E-state index contributed by atoms with van der Waals surface area (Å²) in [6, 6.07) is 20.3. The molecule has 3 aromatic carbocycles. The number of ether oxygens (including phenoxy) is 2. The van der Waals surface area contributed by atoms with Gasteiger partial charge in [0.25, 0.3) is 5.91 Å². The summed E-state index contributed by atoms with van der Waals surface area (Å²) in [7, 11) is 0. The Morgan fingerprint density at radius 3 is 2.43 bits per heavy atom. The second kappa shape index (κ2) is 10.8. The first-order chi connectivity index (χ1) is 16.9. The number of rotatable bonds is 8. The minimum absolute atomic E-state index is 0.125. The van der Waals surface area contributed by atoms with Gasteiger partial charge in [0.05, 0.1) is 5.56 Å². The van der Waals surface area contributed by atoms with Crippen molar-refractivity contribution in [3.63, 3.8) is 0 Å². The molecule has 0 fully saturated rings. The van der Waals surface area contributed by atoms with Crippen molar-refractivity contribution in [3.8, 4) is 5.75 Å². The molecule has 1 N–H and O–H groups in total. The maximum Gasteiger partial charge on any atom is 0.339 e. The first-order valence-electron chi connectivity index (χ1n) is 10.7. The van der Waals surface area contributed by atoms with Crippen molar-refractivity contribution in [2.45, 2.75) is 26.6 Å². The zero-order valence-corrected chi connectivity index (χ0v) is 19.8. The molecule has 0 aliphatic heterocycles. The molecule has 9 heteroatoms. The van der Waals surface area contributed by atoms with Crippen molar-refractivity contribution in [1.82, 2.24) is 10.1 Å². The van der Waals surface area contributed by atoms with E-state index in [4.69, 9.17) is 25.6 Å². The van der Waals surface area contributed by atoms with Crippen molar-refractivity contribution >= 4 is 29.2 Å². The van der Waals surface area contributed by atoms with Crippen molar-refractivity contribution in [2.24, 2.45) is 0 Å². The number of amides is 1. The number of aromatic nitrogens is 2. The number of nitrogens with zero attached hydrogens (tertiary/aromatic N) is 2. The topological polar surface area (TPSA) is 104 Å². The molecule has 1 amide bonds. The van der Waals surface area contributed by atoms with Crippen molar-refractivity contribution in [3.05, 3.63) is 106 Å². The van der Waals surface area contributed by atoms with Crippen molar-refractivity contribution < 1.29 is 23.6 Å². The largest absolute Gasteiger partial charge is 0.485 e. The summed E-state index contributed by atoms with van der Waals surface area (Å²) in [5.74, 6) is 0.218. The highest BCUT2D eigenvalue weighted by Gasteiger charge is 2.26. The van der Waals surface area contributed by atoms with Crippen molar-refractivity contribution in [1.29, 1.82) is 0 Å². The van der Waals surface area contributed by atoms with Crippen LogP contribution >= 0.6 is 11.6 Å². The van der Waals surface area contributed by atoms with Crippen LogP contribution in [0.4, 0.5) is 5.69 Å². The van der Waals surface area contributed by atoms with Crippen molar-refractivity contribution in [2.75, 3.05) is 5.32 Å². The highest BCUT2D eigenvalue weighted by atomic mass is 35.5. The highest BCUT2D eigenvalue weighted by molar-refractivity contribution is 6.31. The van der Waals surface area contributed by atoms with Crippen LogP contribution in [0.3, 0.4) is 0 Å². The molecule has 0 aliphatic rings. The second-order valence-corrected chi connectivity index (χ2v) is 8.10. The maximum atomic E-state index is 13.1. The van der Waals surface area contributed by atoms with E-state index in [9.17, 15) is 9.59 Å². The van der Waals surface area contributed by atoms with E-state index < -0.39 is 18.0 Å². The minimum atomic E-state index is -1.17. The number of carbonyl (C=O) groups is 2. The monoisotopic (exact) mass is 491 g/mol. The molecule has 1 unspecified atom stereocenters. The van der Waals surface area contributed by atoms with Gasteiger partial charge in [0.2, 0.25) is 17.8 Å². The summed E-state index contributed by atoms with van der Waals surface area (Å²) in [6.45, 7) is 3.68. The number of nitrogens with one attached hydrogen (secondary N) is 1. The number of carbonyl (C=O) groups excluding carboxylic acids is 2. The molecule has 0 saturated carbocycles. The van der Waals surface area contributed by atoms with Gasteiger partial charge < -0.3 is 19.3 Å². The van der Waals surface area contributed by atoms with E-state index in [1.54, 1.807) is 73.7 Å². The van der Waals surface area contributed by atoms with Crippen LogP contribution in [-0.2, 0) is 16.1 Å². The first kappa shape index (κ1) is 24.0. The standard InChI is InChI=1S/C26H22ClN3O5/c1-16-8-11-20(14-22(16)27)29-25(31)24(18-6-4-3-5-7-18)34-26(32)19-9-12-21(13-10-19)33-15-23-28-17(2)35-30-23/h3-14,24H,15H2,1-2H3,(H,29,31). The van der Waals surface area contributed by atoms with E-state index in [-0.39, 0.29) is 12.2 Å². The molecule has 35 heavy (non-hydrogen) atoms. The Morgan fingerprint density at radius 2 is 1.77 bits per heavy atom. The third-order valence-electron chi connectivity index (χ3n) is 5.03. The molecule has 4 aromatic rings. The molecule has 8 nitrogen and oxygen atoms in total. The molecule has 0 bridgehead atoms. The fraction of sp³-hybridized carbons (Fsp3) is 0.154. The zero-order chi connectivity index (χ0) is 24.8. The molecule has 0 saturated heterocycles. The Balaban J connectivity index is 1.45. The van der Waals surface area contributed by atoms with Crippen LogP contribution in [-0.4, -0.2) is 22.0 Å². The molecule has 1 atom stereocenters. The number of hydrogen-bond donors (Lipinski definition) is 1. The lowest BCUT2D eigenvalue weighted by molar-refractivity contribution is -0.125. The van der Waals surface area contributed by atoms with E-state index in [0.29, 0.717) is 33.7 Å². The van der Waals surface area contributed by atoms with Gasteiger partial charge in [-0.1, -0.05) is 53.2 Å². The number of halogens is 1. The highest BCUT2D eigenvalue weighted by Crippen LogP contribution is 2.25. The van der Waals surface area contributed by atoms with E-state index in [0.717, 1.165) is 5.56 Å². The maximum absolute atomic E-state index is 13.1. The van der Waals surface area contributed by atoms with E-state index in [1.165, 1.54) is 0 Å². The lowest BCUT2D eigenvalue weighted by Gasteiger charge is -2.18. The molecule has 0 aliphatic carbocycles.